The quantitative estimate of drug-likeness (QED) is 0.733. The third-order valence-electron chi connectivity index (χ3n) is 4.19. The molecule has 0 bridgehead atoms. The summed E-state index contributed by atoms with van der Waals surface area (Å²) in [6, 6.07) is 11.7. The summed E-state index contributed by atoms with van der Waals surface area (Å²) in [6.45, 7) is 1.18. The fourth-order valence-corrected chi connectivity index (χ4v) is 4.20. The van der Waals surface area contributed by atoms with E-state index in [0.29, 0.717) is 36.3 Å². The summed E-state index contributed by atoms with van der Waals surface area (Å²) in [5.74, 6) is 0.408. The second kappa shape index (κ2) is 8.19. The highest BCUT2D eigenvalue weighted by atomic mass is 35.5. The first-order chi connectivity index (χ1) is 12.8. The number of halogens is 1. The van der Waals surface area contributed by atoms with Gasteiger partial charge in [0.2, 0.25) is 5.91 Å². The second-order valence-corrected chi connectivity index (χ2v) is 8.80. The van der Waals surface area contributed by atoms with Gasteiger partial charge in [0, 0.05) is 31.1 Å². The third kappa shape index (κ3) is 4.93. The van der Waals surface area contributed by atoms with Crippen molar-refractivity contribution in [1.29, 1.82) is 0 Å². The third-order valence-corrected chi connectivity index (χ3v) is 6.14. The lowest BCUT2D eigenvalue weighted by molar-refractivity contribution is -0.130. The van der Waals surface area contributed by atoms with E-state index in [1.54, 1.807) is 25.2 Å². The van der Waals surface area contributed by atoms with Gasteiger partial charge in [-0.3, -0.25) is 4.79 Å². The highest BCUT2D eigenvalue weighted by Crippen LogP contribution is 2.32. The van der Waals surface area contributed by atoms with Crippen LogP contribution >= 0.6 is 11.6 Å². The maximum atomic E-state index is 12.6. The van der Waals surface area contributed by atoms with E-state index in [4.69, 9.17) is 21.1 Å². The second-order valence-electron chi connectivity index (χ2n) is 6.25. The molecule has 0 fully saturated rings. The van der Waals surface area contributed by atoms with Gasteiger partial charge in [0.05, 0.1) is 10.6 Å². The number of hydrogen-bond donors (Lipinski definition) is 0. The van der Waals surface area contributed by atoms with Crippen molar-refractivity contribution >= 4 is 27.3 Å². The van der Waals surface area contributed by atoms with Crippen LogP contribution in [0.15, 0.2) is 47.4 Å². The molecule has 1 heterocycles. The van der Waals surface area contributed by atoms with Crippen molar-refractivity contribution in [2.24, 2.45) is 0 Å². The molecule has 0 spiro atoms. The average Bonchev–Trinajstić information content (AvgIpc) is 2.65. The largest absolute Gasteiger partial charge is 0.486 e. The molecule has 0 N–H and O–H groups in total. The number of sulfone groups is 1. The van der Waals surface area contributed by atoms with E-state index < -0.39 is 9.84 Å². The van der Waals surface area contributed by atoms with Crippen LogP contribution in [0.5, 0.6) is 11.5 Å². The van der Waals surface area contributed by atoms with Crippen LogP contribution in [0.2, 0.25) is 5.02 Å². The predicted molar refractivity (Wildman–Crippen MR) is 102 cm³/mol. The van der Waals surface area contributed by atoms with Crippen molar-refractivity contribution < 1.29 is 22.7 Å². The Hall–Kier alpha value is -2.25. The van der Waals surface area contributed by atoms with E-state index in [2.05, 4.69) is 0 Å². The molecular formula is C19H20ClNO5S. The van der Waals surface area contributed by atoms with Gasteiger partial charge in [-0.2, -0.15) is 0 Å². The highest BCUT2D eigenvalue weighted by molar-refractivity contribution is 7.91. The lowest BCUT2D eigenvalue weighted by atomic mass is 10.2. The molecule has 144 valence electrons. The molecule has 0 saturated carbocycles. The molecule has 27 heavy (non-hydrogen) atoms. The molecular weight excluding hydrogens is 390 g/mol. The number of ether oxygens (including phenoxy) is 2. The van der Waals surface area contributed by atoms with Gasteiger partial charge in [-0.1, -0.05) is 23.7 Å². The van der Waals surface area contributed by atoms with E-state index >= 15 is 0 Å². The van der Waals surface area contributed by atoms with Crippen molar-refractivity contribution in [2.75, 3.05) is 26.0 Å². The monoisotopic (exact) mass is 409 g/mol. The van der Waals surface area contributed by atoms with Crippen LogP contribution in [-0.4, -0.2) is 45.2 Å². The van der Waals surface area contributed by atoms with Crippen LogP contribution in [0.3, 0.4) is 0 Å². The fraction of sp³-hybridized carbons (Fsp3) is 0.316. The summed E-state index contributed by atoms with van der Waals surface area (Å²) in [6.07, 6.45) is -0.103. The Bertz CT molecular complexity index is 945. The first-order valence-electron chi connectivity index (χ1n) is 8.46. The minimum Gasteiger partial charge on any atom is -0.486 e. The van der Waals surface area contributed by atoms with Crippen LogP contribution in [0.1, 0.15) is 12.0 Å². The van der Waals surface area contributed by atoms with E-state index in [1.807, 2.05) is 12.1 Å². The number of carbonyl (C=O) groups excluding carboxylic acids is 1. The highest BCUT2D eigenvalue weighted by Gasteiger charge is 2.21. The molecule has 2 aromatic rings. The fourth-order valence-electron chi connectivity index (χ4n) is 2.74. The summed E-state index contributed by atoms with van der Waals surface area (Å²) in [5.41, 5.74) is 0.882. The summed E-state index contributed by atoms with van der Waals surface area (Å²) >= 11 is 5.95. The van der Waals surface area contributed by atoms with E-state index in [0.717, 1.165) is 5.56 Å². The van der Waals surface area contributed by atoms with Gasteiger partial charge in [-0.05, 0) is 29.8 Å². The minimum absolute atomic E-state index is 0.103. The smallest absolute Gasteiger partial charge is 0.223 e. The summed E-state index contributed by atoms with van der Waals surface area (Å²) in [7, 11) is -1.97. The number of amides is 1. The normalized spacial score (nSPS) is 13.3. The number of hydrogen-bond acceptors (Lipinski definition) is 5. The Kier molecular flexibility index (Phi) is 5.92. The first-order valence-corrected chi connectivity index (χ1v) is 10.5. The zero-order valence-corrected chi connectivity index (χ0v) is 16.4. The van der Waals surface area contributed by atoms with Gasteiger partial charge in [0.1, 0.15) is 13.2 Å². The molecule has 8 heteroatoms. The summed E-state index contributed by atoms with van der Waals surface area (Å²) < 4.78 is 35.9. The molecule has 2 aromatic carbocycles. The van der Waals surface area contributed by atoms with E-state index in [1.165, 1.54) is 17.0 Å². The predicted octanol–water partition coefficient (Wildman–Crippen LogP) is 2.93. The van der Waals surface area contributed by atoms with Gasteiger partial charge in [0.15, 0.2) is 21.3 Å². The van der Waals surface area contributed by atoms with Crippen LogP contribution in [0.4, 0.5) is 0 Å². The molecule has 0 saturated heterocycles. The van der Waals surface area contributed by atoms with Crippen molar-refractivity contribution in [3.8, 4) is 11.5 Å². The summed E-state index contributed by atoms with van der Waals surface area (Å²) in [4.78, 5) is 13.9. The van der Waals surface area contributed by atoms with E-state index in [-0.39, 0.29) is 23.0 Å². The Balaban J connectivity index is 1.61. The van der Waals surface area contributed by atoms with Gasteiger partial charge in [-0.25, -0.2) is 8.42 Å². The molecule has 1 aliphatic heterocycles. The van der Waals surface area contributed by atoms with Crippen LogP contribution in [0, 0.1) is 0 Å². The zero-order chi connectivity index (χ0) is 19.4. The lowest BCUT2D eigenvalue weighted by Gasteiger charge is -2.19. The van der Waals surface area contributed by atoms with Crippen molar-refractivity contribution in [2.45, 2.75) is 17.9 Å². The summed E-state index contributed by atoms with van der Waals surface area (Å²) in [5, 5.41) is 0.592. The molecule has 3 rings (SSSR count). The topological polar surface area (TPSA) is 72.9 Å². The molecule has 1 aliphatic rings. The molecule has 0 radical (unpaired) electrons. The van der Waals surface area contributed by atoms with Crippen LogP contribution in [0.25, 0.3) is 0 Å². The van der Waals surface area contributed by atoms with Crippen molar-refractivity contribution in [1.82, 2.24) is 4.90 Å². The molecule has 0 aromatic heterocycles. The minimum atomic E-state index is -3.61. The number of nitrogens with zero attached hydrogens (tertiary/aromatic N) is 1. The Morgan fingerprint density at radius 3 is 2.59 bits per heavy atom. The van der Waals surface area contributed by atoms with Gasteiger partial charge < -0.3 is 14.4 Å². The Morgan fingerprint density at radius 1 is 1.11 bits per heavy atom. The molecule has 0 aliphatic carbocycles. The molecule has 0 atom stereocenters. The SMILES string of the molecule is CN(Cc1cccc(Cl)c1)C(=O)CCS(=O)(=O)c1ccc2c(c1)OCCO2. The number of rotatable bonds is 6. The van der Waals surface area contributed by atoms with Crippen molar-refractivity contribution in [3.63, 3.8) is 0 Å². The molecule has 0 unspecified atom stereocenters. The Morgan fingerprint density at radius 2 is 1.85 bits per heavy atom. The number of benzene rings is 2. The van der Waals surface area contributed by atoms with Gasteiger partial charge >= 0.3 is 0 Å². The molecule has 6 nitrogen and oxygen atoms in total. The zero-order valence-electron chi connectivity index (χ0n) is 14.9. The first kappa shape index (κ1) is 19.5. The molecule has 1 amide bonds. The van der Waals surface area contributed by atoms with Gasteiger partial charge in [0.25, 0.3) is 0 Å². The standard InChI is InChI=1S/C19H20ClNO5S/c1-21(13-14-3-2-4-15(20)11-14)19(22)7-10-27(23,24)16-5-6-17-18(12-16)26-9-8-25-17/h2-6,11-12H,7-10,13H2,1H3. The number of carbonyl (C=O) groups is 1. The van der Waals surface area contributed by atoms with Crippen LogP contribution in [-0.2, 0) is 21.2 Å². The number of fused-ring (bicyclic) bond motifs is 1. The maximum Gasteiger partial charge on any atom is 0.223 e. The lowest BCUT2D eigenvalue weighted by Crippen LogP contribution is -2.28. The van der Waals surface area contributed by atoms with Gasteiger partial charge in [-0.15, -0.1) is 0 Å². The van der Waals surface area contributed by atoms with Crippen molar-refractivity contribution in [3.05, 3.63) is 53.1 Å². The van der Waals surface area contributed by atoms with E-state index in [9.17, 15) is 13.2 Å². The Labute approximate surface area is 163 Å². The maximum absolute atomic E-state index is 12.6. The average molecular weight is 410 g/mol. The van der Waals surface area contributed by atoms with Crippen LogP contribution < -0.4 is 9.47 Å².